The van der Waals surface area contributed by atoms with Crippen molar-refractivity contribution in [1.29, 1.82) is 0 Å². The number of anilines is 5. The summed E-state index contributed by atoms with van der Waals surface area (Å²) in [4.78, 5) is 31.9. The molecule has 2 N–H and O–H groups in total. The number of pyridine rings is 2. The van der Waals surface area contributed by atoms with Gasteiger partial charge in [0.15, 0.2) is 5.82 Å². The maximum absolute atomic E-state index is 4.62. The van der Waals surface area contributed by atoms with Crippen molar-refractivity contribution in [2.45, 2.75) is 32.4 Å². The summed E-state index contributed by atoms with van der Waals surface area (Å²) in [7, 11) is 2.20. The zero-order chi connectivity index (χ0) is 28.7. The van der Waals surface area contributed by atoms with Gasteiger partial charge in [-0.25, -0.2) is 19.9 Å². The summed E-state index contributed by atoms with van der Waals surface area (Å²) in [6.07, 6.45) is 7.55. The van der Waals surface area contributed by atoms with E-state index in [2.05, 4.69) is 93.8 Å². The number of rotatable bonds is 9. The lowest BCUT2D eigenvalue weighted by molar-refractivity contribution is 0.198. The van der Waals surface area contributed by atoms with Gasteiger partial charge in [-0.1, -0.05) is 12.1 Å². The summed E-state index contributed by atoms with van der Waals surface area (Å²) in [5, 5.41) is 6.56. The van der Waals surface area contributed by atoms with E-state index < -0.39 is 0 Å². The highest BCUT2D eigenvalue weighted by molar-refractivity contribution is 5.62. The summed E-state index contributed by atoms with van der Waals surface area (Å²) in [5.41, 5.74) is 4.92. The van der Waals surface area contributed by atoms with Gasteiger partial charge < -0.3 is 15.5 Å². The molecule has 1 aliphatic rings. The molecule has 212 valence electrons. The monoisotopic (exact) mass is 558 g/mol. The van der Waals surface area contributed by atoms with Crippen LogP contribution in [0.4, 0.5) is 29.0 Å². The van der Waals surface area contributed by atoms with E-state index in [0.717, 1.165) is 55.2 Å². The molecule has 1 fully saturated rings. The first-order valence-corrected chi connectivity index (χ1v) is 14.2. The Hall–Kier alpha value is -4.96. The van der Waals surface area contributed by atoms with Crippen molar-refractivity contribution >= 4 is 29.0 Å². The Morgan fingerprint density at radius 3 is 2.31 bits per heavy atom. The smallest absolute Gasteiger partial charge is 0.229 e. The number of aryl methyl sites for hydroxylation is 1. The Labute approximate surface area is 246 Å². The number of aromatic nitrogens is 6. The molecular formula is C32H34N10. The Morgan fingerprint density at radius 1 is 0.762 bits per heavy atom. The second kappa shape index (κ2) is 12.7. The Bertz CT molecular complexity index is 1600. The highest BCUT2D eigenvalue weighted by Crippen LogP contribution is 2.25. The van der Waals surface area contributed by atoms with Crippen LogP contribution in [0.5, 0.6) is 0 Å². The summed E-state index contributed by atoms with van der Waals surface area (Å²) < 4.78 is 0. The van der Waals surface area contributed by atoms with Crippen molar-refractivity contribution in [3.63, 3.8) is 0 Å². The fourth-order valence-corrected chi connectivity index (χ4v) is 5.16. The molecule has 10 nitrogen and oxygen atoms in total. The zero-order valence-corrected chi connectivity index (χ0v) is 23.9. The fraction of sp³-hybridized carbons (Fsp3) is 0.250. The standard InChI is InChI=1S/C32H34N10/c1-23-6-5-8-28(36-23)31-34-18-13-29(39-31)38-30-14-19-35-32(40-30)37-24-9-11-27(12-10-24)42-20-15-26(16-21-42)41(2)22-25-7-3-4-17-33-25/h3-14,17-19,26H,15-16,20-22H2,1-2H3,(H2,34,35,37,38,39,40). The number of benzene rings is 1. The van der Waals surface area contributed by atoms with E-state index in [-0.39, 0.29) is 0 Å². The molecule has 1 aromatic carbocycles. The van der Waals surface area contributed by atoms with Gasteiger partial charge in [-0.3, -0.25) is 9.88 Å². The van der Waals surface area contributed by atoms with Crippen LogP contribution in [0.1, 0.15) is 24.2 Å². The van der Waals surface area contributed by atoms with Gasteiger partial charge in [-0.15, -0.1) is 0 Å². The Balaban J connectivity index is 1.04. The van der Waals surface area contributed by atoms with Crippen molar-refractivity contribution in [1.82, 2.24) is 34.8 Å². The molecular weight excluding hydrogens is 524 g/mol. The van der Waals surface area contributed by atoms with Crippen LogP contribution in [0.15, 0.2) is 91.4 Å². The predicted molar refractivity (Wildman–Crippen MR) is 166 cm³/mol. The zero-order valence-electron chi connectivity index (χ0n) is 23.9. The van der Waals surface area contributed by atoms with E-state index in [4.69, 9.17) is 0 Å². The van der Waals surface area contributed by atoms with Crippen molar-refractivity contribution in [3.8, 4) is 11.5 Å². The fourth-order valence-electron chi connectivity index (χ4n) is 5.16. The molecule has 5 heterocycles. The summed E-state index contributed by atoms with van der Waals surface area (Å²) >= 11 is 0. The van der Waals surface area contributed by atoms with E-state index in [0.29, 0.717) is 29.5 Å². The minimum Gasteiger partial charge on any atom is -0.371 e. The molecule has 0 spiro atoms. The lowest BCUT2D eigenvalue weighted by Gasteiger charge is -2.37. The van der Waals surface area contributed by atoms with Gasteiger partial charge in [-0.05, 0) is 87.5 Å². The third-order valence-electron chi connectivity index (χ3n) is 7.40. The first kappa shape index (κ1) is 27.2. The molecule has 5 aromatic rings. The molecule has 0 unspecified atom stereocenters. The summed E-state index contributed by atoms with van der Waals surface area (Å²) in [5.74, 6) is 2.31. The van der Waals surface area contributed by atoms with Gasteiger partial charge in [0, 0.05) is 61.3 Å². The molecule has 4 aromatic heterocycles. The van der Waals surface area contributed by atoms with Gasteiger partial charge in [0.2, 0.25) is 5.95 Å². The van der Waals surface area contributed by atoms with Crippen LogP contribution >= 0.6 is 0 Å². The summed E-state index contributed by atoms with van der Waals surface area (Å²) in [6.45, 7) is 4.90. The Morgan fingerprint density at radius 2 is 1.55 bits per heavy atom. The molecule has 0 atom stereocenters. The lowest BCUT2D eigenvalue weighted by atomic mass is 10.0. The minimum atomic E-state index is 0.499. The normalized spacial score (nSPS) is 13.7. The third kappa shape index (κ3) is 6.84. The van der Waals surface area contributed by atoms with Crippen LogP contribution in [-0.4, -0.2) is 61.0 Å². The number of hydrogen-bond donors (Lipinski definition) is 2. The van der Waals surface area contributed by atoms with Crippen LogP contribution in [0.25, 0.3) is 11.5 Å². The van der Waals surface area contributed by atoms with E-state index in [1.165, 1.54) is 5.69 Å². The topological polar surface area (TPSA) is 108 Å². The molecule has 0 amide bonds. The van der Waals surface area contributed by atoms with Gasteiger partial charge in [0.05, 0.1) is 5.69 Å². The van der Waals surface area contributed by atoms with Crippen LogP contribution in [0.3, 0.4) is 0 Å². The molecule has 6 rings (SSSR count). The van der Waals surface area contributed by atoms with E-state index in [1.54, 1.807) is 24.5 Å². The van der Waals surface area contributed by atoms with Crippen molar-refractivity contribution in [2.75, 3.05) is 35.7 Å². The lowest BCUT2D eigenvalue weighted by Crippen LogP contribution is -2.43. The molecule has 1 aliphatic heterocycles. The minimum absolute atomic E-state index is 0.499. The van der Waals surface area contributed by atoms with Crippen LogP contribution < -0.4 is 15.5 Å². The maximum atomic E-state index is 4.62. The van der Waals surface area contributed by atoms with Gasteiger partial charge in [0.25, 0.3) is 0 Å². The van der Waals surface area contributed by atoms with E-state index >= 15 is 0 Å². The number of hydrogen-bond acceptors (Lipinski definition) is 10. The van der Waals surface area contributed by atoms with Crippen molar-refractivity contribution in [2.24, 2.45) is 0 Å². The molecule has 0 radical (unpaired) electrons. The number of nitrogens with zero attached hydrogens (tertiary/aromatic N) is 8. The van der Waals surface area contributed by atoms with E-state index in [1.807, 2.05) is 37.4 Å². The van der Waals surface area contributed by atoms with Crippen LogP contribution in [-0.2, 0) is 6.54 Å². The second-order valence-electron chi connectivity index (χ2n) is 10.4. The Kier molecular flexibility index (Phi) is 8.23. The summed E-state index contributed by atoms with van der Waals surface area (Å²) in [6, 6.07) is 24.5. The van der Waals surface area contributed by atoms with Crippen molar-refractivity contribution in [3.05, 3.63) is 103 Å². The van der Waals surface area contributed by atoms with Crippen LogP contribution in [0, 0.1) is 6.92 Å². The predicted octanol–water partition coefficient (Wildman–Crippen LogP) is 5.62. The first-order chi connectivity index (χ1) is 20.6. The number of nitrogens with one attached hydrogen (secondary N) is 2. The average molecular weight is 559 g/mol. The van der Waals surface area contributed by atoms with Crippen molar-refractivity contribution < 1.29 is 0 Å². The molecule has 42 heavy (non-hydrogen) atoms. The third-order valence-corrected chi connectivity index (χ3v) is 7.40. The highest BCUT2D eigenvalue weighted by Gasteiger charge is 2.23. The largest absolute Gasteiger partial charge is 0.371 e. The molecule has 10 heteroatoms. The molecule has 1 saturated heterocycles. The van der Waals surface area contributed by atoms with Gasteiger partial charge in [-0.2, -0.15) is 4.98 Å². The quantitative estimate of drug-likeness (QED) is 0.237. The maximum Gasteiger partial charge on any atom is 0.229 e. The molecule has 0 aliphatic carbocycles. The van der Waals surface area contributed by atoms with E-state index in [9.17, 15) is 0 Å². The second-order valence-corrected chi connectivity index (χ2v) is 10.4. The van der Waals surface area contributed by atoms with Gasteiger partial charge >= 0.3 is 0 Å². The highest BCUT2D eigenvalue weighted by atomic mass is 15.2. The molecule has 0 saturated carbocycles. The first-order valence-electron chi connectivity index (χ1n) is 14.2. The van der Waals surface area contributed by atoms with Crippen LogP contribution in [0.2, 0.25) is 0 Å². The SMILES string of the molecule is Cc1cccc(-c2nccc(Nc3ccnc(Nc4ccc(N5CCC(N(C)Cc6ccccn6)CC5)cc4)n3)n2)n1. The molecule has 0 bridgehead atoms. The average Bonchev–Trinajstić information content (AvgIpc) is 3.02. The van der Waals surface area contributed by atoms with Gasteiger partial charge in [0.1, 0.15) is 17.3 Å². The number of piperidine rings is 1.